The van der Waals surface area contributed by atoms with E-state index in [0.29, 0.717) is 12.0 Å². The number of benzene rings is 2. The van der Waals surface area contributed by atoms with Gasteiger partial charge in [0, 0.05) is 0 Å². The molecule has 3 rings (SSSR count). The fourth-order valence-electron chi connectivity index (χ4n) is 3.05. The molecule has 5 heteroatoms. The Bertz CT molecular complexity index is 826. The molecule has 0 radical (unpaired) electrons. The van der Waals surface area contributed by atoms with E-state index in [0.717, 1.165) is 11.1 Å². The molecule has 0 unspecified atom stereocenters. The molecule has 0 bridgehead atoms. The molecular formula is C19H17N3O2. The highest BCUT2D eigenvalue weighted by Crippen LogP contribution is 2.33. The first-order valence-electron chi connectivity index (χ1n) is 7.79. The Morgan fingerprint density at radius 3 is 2.54 bits per heavy atom. The summed E-state index contributed by atoms with van der Waals surface area (Å²) in [5, 5.41) is 11.8. The molecular weight excluding hydrogens is 302 g/mol. The largest absolute Gasteiger partial charge is 0.325 e. The summed E-state index contributed by atoms with van der Waals surface area (Å²) >= 11 is 0. The van der Waals surface area contributed by atoms with Crippen molar-refractivity contribution in [3.05, 3.63) is 71.3 Å². The van der Waals surface area contributed by atoms with E-state index in [1.165, 1.54) is 4.90 Å². The SMILES string of the molecule is CC[C@@]1(c2ccccc2)NC(=O)N(Cc2cccc(C#N)c2)C1=O. The number of nitrogens with zero attached hydrogens (tertiary/aromatic N) is 2. The van der Waals surface area contributed by atoms with Gasteiger partial charge < -0.3 is 5.32 Å². The number of amides is 3. The first-order valence-corrected chi connectivity index (χ1v) is 7.79. The van der Waals surface area contributed by atoms with Crippen molar-refractivity contribution in [2.24, 2.45) is 0 Å². The molecule has 5 nitrogen and oxygen atoms in total. The zero-order valence-electron chi connectivity index (χ0n) is 13.3. The molecule has 1 saturated heterocycles. The quantitative estimate of drug-likeness (QED) is 0.881. The number of nitrogens with one attached hydrogen (secondary N) is 1. The van der Waals surface area contributed by atoms with Gasteiger partial charge in [0.05, 0.1) is 18.2 Å². The Hall–Kier alpha value is -3.13. The van der Waals surface area contributed by atoms with Gasteiger partial charge >= 0.3 is 6.03 Å². The molecule has 1 N–H and O–H groups in total. The summed E-state index contributed by atoms with van der Waals surface area (Å²) in [5.74, 6) is -0.261. The average Bonchev–Trinajstić information content (AvgIpc) is 2.88. The highest BCUT2D eigenvalue weighted by molar-refractivity contribution is 6.07. The van der Waals surface area contributed by atoms with Crippen molar-refractivity contribution in [1.82, 2.24) is 10.2 Å². The Morgan fingerprint density at radius 1 is 1.12 bits per heavy atom. The maximum absolute atomic E-state index is 13.0. The van der Waals surface area contributed by atoms with Crippen molar-refractivity contribution in [2.75, 3.05) is 0 Å². The van der Waals surface area contributed by atoms with E-state index >= 15 is 0 Å². The van der Waals surface area contributed by atoms with Gasteiger partial charge in [-0.15, -0.1) is 0 Å². The molecule has 0 aliphatic carbocycles. The summed E-state index contributed by atoms with van der Waals surface area (Å²) in [6.07, 6.45) is 0.469. The van der Waals surface area contributed by atoms with Crippen LogP contribution < -0.4 is 5.32 Å². The lowest BCUT2D eigenvalue weighted by Gasteiger charge is -2.25. The van der Waals surface area contributed by atoms with Crippen LogP contribution in [0.4, 0.5) is 4.79 Å². The highest BCUT2D eigenvalue weighted by atomic mass is 16.2. The van der Waals surface area contributed by atoms with E-state index in [9.17, 15) is 9.59 Å². The lowest BCUT2D eigenvalue weighted by Crippen LogP contribution is -2.43. The van der Waals surface area contributed by atoms with Crippen molar-refractivity contribution in [3.8, 4) is 6.07 Å². The van der Waals surface area contributed by atoms with E-state index in [2.05, 4.69) is 11.4 Å². The fraction of sp³-hybridized carbons (Fsp3) is 0.211. The summed E-state index contributed by atoms with van der Waals surface area (Å²) in [7, 11) is 0. The number of carbonyl (C=O) groups is 2. The van der Waals surface area contributed by atoms with E-state index < -0.39 is 11.6 Å². The molecule has 3 amide bonds. The Balaban J connectivity index is 1.92. The molecule has 24 heavy (non-hydrogen) atoms. The van der Waals surface area contributed by atoms with Crippen LogP contribution in [0.5, 0.6) is 0 Å². The van der Waals surface area contributed by atoms with E-state index in [-0.39, 0.29) is 12.5 Å². The molecule has 1 aliphatic rings. The van der Waals surface area contributed by atoms with Gasteiger partial charge in [-0.25, -0.2) is 4.79 Å². The third kappa shape index (κ3) is 2.52. The third-order valence-electron chi connectivity index (χ3n) is 4.37. The number of imide groups is 1. The maximum atomic E-state index is 13.0. The summed E-state index contributed by atoms with van der Waals surface area (Å²) in [4.78, 5) is 26.6. The number of hydrogen-bond donors (Lipinski definition) is 1. The smallest absolute Gasteiger partial charge is 0.319 e. The van der Waals surface area contributed by atoms with Crippen molar-refractivity contribution < 1.29 is 9.59 Å². The number of hydrogen-bond acceptors (Lipinski definition) is 3. The van der Waals surface area contributed by atoms with Crippen LogP contribution >= 0.6 is 0 Å². The summed E-state index contributed by atoms with van der Waals surface area (Å²) in [5.41, 5.74) is 1.01. The minimum Gasteiger partial charge on any atom is -0.319 e. The van der Waals surface area contributed by atoms with Crippen LogP contribution in [0.1, 0.15) is 30.0 Å². The Kier molecular flexibility index (Phi) is 4.05. The van der Waals surface area contributed by atoms with Crippen LogP contribution in [0.25, 0.3) is 0 Å². The van der Waals surface area contributed by atoms with Crippen molar-refractivity contribution in [2.45, 2.75) is 25.4 Å². The molecule has 2 aromatic carbocycles. The normalized spacial score (nSPS) is 19.9. The van der Waals surface area contributed by atoms with Gasteiger partial charge in [-0.05, 0) is 29.7 Å². The first-order chi connectivity index (χ1) is 11.6. The highest BCUT2D eigenvalue weighted by Gasteiger charge is 2.50. The van der Waals surface area contributed by atoms with Crippen LogP contribution in [0.3, 0.4) is 0 Å². The van der Waals surface area contributed by atoms with Crippen molar-refractivity contribution in [3.63, 3.8) is 0 Å². The summed E-state index contributed by atoms with van der Waals surface area (Å²) in [6, 6.07) is 17.9. The Labute approximate surface area is 140 Å². The van der Waals surface area contributed by atoms with Gasteiger partial charge in [0.15, 0.2) is 0 Å². The van der Waals surface area contributed by atoms with E-state index in [1.54, 1.807) is 24.3 Å². The van der Waals surface area contributed by atoms with Gasteiger partial charge in [-0.3, -0.25) is 9.69 Å². The van der Waals surface area contributed by atoms with Crippen LogP contribution in [0.15, 0.2) is 54.6 Å². The number of nitriles is 1. The first kappa shape index (κ1) is 15.8. The predicted octanol–water partition coefficient (Wildman–Crippen LogP) is 2.92. The fourth-order valence-corrected chi connectivity index (χ4v) is 3.05. The lowest BCUT2D eigenvalue weighted by molar-refractivity contribution is -0.132. The van der Waals surface area contributed by atoms with Crippen LogP contribution in [-0.4, -0.2) is 16.8 Å². The minimum absolute atomic E-state index is 0.148. The molecule has 1 atom stereocenters. The van der Waals surface area contributed by atoms with Gasteiger partial charge in [0.2, 0.25) is 0 Å². The second-order valence-corrected chi connectivity index (χ2v) is 5.76. The van der Waals surface area contributed by atoms with Gasteiger partial charge in [-0.1, -0.05) is 49.4 Å². The predicted molar refractivity (Wildman–Crippen MR) is 88.6 cm³/mol. The van der Waals surface area contributed by atoms with Crippen LogP contribution in [0, 0.1) is 11.3 Å². The maximum Gasteiger partial charge on any atom is 0.325 e. The number of rotatable bonds is 4. The summed E-state index contributed by atoms with van der Waals surface area (Å²) < 4.78 is 0. The summed E-state index contributed by atoms with van der Waals surface area (Å²) in [6.45, 7) is 2.03. The lowest BCUT2D eigenvalue weighted by atomic mass is 9.87. The van der Waals surface area contributed by atoms with Crippen LogP contribution in [0.2, 0.25) is 0 Å². The minimum atomic E-state index is -1.02. The second-order valence-electron chi connectivity index (χ2n) is 5.76. The second kappa shape index (κ2) is 6.17. The van der Waals surface area contributed by atoms with Crippen molar-refractivity contribution >= 4 is 11.9 Å². The number of urea groups is 1. The van der Waals surface area contributed by atoms with Crippen molar-refractivity contribution in [1.29, 1.82) is 5.26 Å². The molecule has 1 aliphatic heterocycles. The molecule has 0 spiro atoms. The molecule has 1 fully saturated rings. The van der Waals surface area contributed by atoms with Gasteiger partial charge in [0.25, 0.3) is 5.91 Å². The Morgan fingerprint density at radius 2 is 1.88 bits per heavy atom. The van der Waals surface area contributed by atoms with Gasteiger partial charge in [0.1, 0.15) is 5.54 Å². The van der Waals surface area contributed by atoms with Gasteiger partial charge in [-0.2, -0.15) is 5.26 Å². The monoisotopic (exact) mass is 319 g/mol. The molecule has 2 aromatic rings. The van der Waals surface area contributed by atoms with E-state index in [1.807, 2.05) is 37.3 Å². The standard InChI is InChI=1S/C19H17N3O2/c1-2-19(16-9-4-3-5-10-16)17(23)22(18(24)21-19)13-15-8-6-7-14(11-15)12-20/h3-11H,2,13H2,1H3,(H,21,24)/t19-/m0/s1. The number of carbonyl (C=O) groups excluding carboxylic acids is 2. The third-order valence-corrected chi connectivity index (χ3v) is 4.37. The molecule has 0 aromatic heterocycles. The average molecular weight is 319 g/mol. The zero-order valence-corrected chi connectivity index (χ0v) is 13.3. The van der Waals surface area contributed by atoms with E-state index in [4.69, 9.17) is 5.26 Å². The van der Waals surface area contributed by atoms with Crippen LogP contribution in [-0.2, 0) is 16.9 Å². The molecule has 0 saturated carbocycles. The zero-order chi connectivity index (χ0) is 17.2. The molecule has 120 valence electrons. The molecule has 1 heterocycles. The topological polar surface area (TPSA) is 73.2 Å².